The van der Waals surface area contributed by atoms with Crippen LogP contribution in [0.4, 0.5) is 5.95 Å². The minimum Gasteiger partial charge on any atom is -0.376 e. The molecule has 2 aromatic carbocycles. The van der Waals surface area contributed by atoms with Gasteiger partial charge in [0.2, 0.25) is 11.9 Å². The number of aromatic nitrogens is 2. The predicted molar refractivity (Wildman–Crippen MR) is 137 cm³/mol. The van der Waals surface area contributed by atoms with E-state index in [0.29, 0.717) is 24.0 Å². The van der Waals surface area contributed by atoms with Crippen molar-refractivity contribution < 1.29 is 14.3 Å². The number of para-hydroxylation sites is 1. The third kappa shape index (κ3) is 5.50. The lowest BCUT2D eigenvalue weighted by atomic mass is 10.2. The summed E-state index contributed by atoms with van der Waals surface area (Å²) in [5.41, 5.74) is 2.57. The Morgan fingerprint density at radius 3 is 2.51 bits per heavy atom. The lowest BCUT2D eigenvalue weighted by Crippen LogP contribution is -2.42. The fourth-order valence-corrected chi connectivity index (χ4v) is 4.84. The van der Waals surface area contributed by atoms with Gasteiger partial charge in [-0.15, -0.1) is 11.3 Å². The predicted octanol–water partition coefficient (Wildman–Crippen LogP) is 4.86. The molecule has 35 heavy (non-hydrogen) atoms. The van der Waals surface area contributed by atoms with Gasteiger partial charge in [0.05, 0.1) is 16.7 Å². The number of ether oxygens (including phenoxy) is 1. The SMILES string of the molecule is O=C(CN(C[C@@H]1CCCO1)C(=O)c1cccs1)Nc1nc(-c2ccccc2)cn1-c1ccccc1. The first kappa shape index (κ1) is 23.0. The van der Waals surface area contributed by atoms with Crippen LogP contribution in [-0.2, 0) is 9.53 Å². The van der Waals surface area contributed by atoms with Crippen molar-refractivity contribution in [3.05, 3.63) is 89.3 Å². The maximum Gasteiger partial charge on any atom is 0.264 e. The number of hydrogen-bond donors (Lipinski definition) is 1. The number of anilines is 1. The zero-order chi connectivity index (χ0) is 24.0. The Morgan fingerprint density at radius 1 is 1.06 bits per heavy atom. The summed E-state index contributed by atoms with van der Waals surface area (Å²) in [7, 11) is 0. The molecule has 0 aliphatic carbocycles. The summed E-state index contributed by atoms with van der Waals surface area (Å²) in [4.78, 5) is 33.2. The second kappa shape index (κ2) is 10.7. The van der Waals surface area contributed by atoms with Crippen molar-refractivity contribution in [1.29, 1.82) is 0 Å². The number of imidazole rings is 1. The molecule has 0 spiro atoms. The molecule has 178 valence electrons. The smallest absolute Gasteiger partial charge is 0.264 e. The number of thiophene rings is 1. The molecule has 3 heterocycles. The lowest BCUT2D eigenvalue weighted by Gasteiger charge is -2.24. The lowest BCUT2D eigenvalue weighted by molar-refractivity contribution is -0.117. The summed E-state index contributed by atoms with van der Waals surface area (Å²) in [6, 6.07) is 23.2. The van der Waals surface area contributed by atoms with Gasteiger partial charge < -0.3 is 9.64 Å². The van der Waals surface area contributed by atoms with Crippen molar-refractivity contribution in [1.82, 2.24) is 14.5 Å². The molecule has 7 nitrogen and oxygen atoms in total. The summed E-state index contributed by atoms with van der Waals surface area (Å²) >= 11 is 1.37. The monoisotopic (exact) mass is 486 g/mol. The first-order valence-corrected chi connectivity index (χ1v) is 12.5. The first-order valence-electron chi connectivity index (χ1n) is 11.6. The van der Waals surface area contributed by atoms with Crippen molar-refractivity contribution in [2.45, 2.75) is 18.9 Å². The van der Waals surface area contributed by atoms with E-state index in [1.54, 1.807) is 11.0 Å². The largest absolute Gasteiger partial charge is 0.376 e. The Morgan fingerprint density at radius 2 is 1.83 bits per heavy atom. The van der Waals surface area contributed by atoms with Crippen LogP contribution in [0.1, 0.15) is 22.5 Å². The van der Waals surface area contributed by atoms with Crippen LogP contribution in [-0.4, -0.2) is 52.1 Å². The van der Waals surface area contributed by atoms with E-state index in [-0.39, 0.29) is 24.5 Å². The van der Waals surface area contributed by atoms with Gasteiger partial charge in [-0.25, -0.2) is 4.98 Å². The van der Waals surface area contributed by atoms with E-state index in [1.165, 1.54) is 11.3 Å². The van der Waals surface area contributed by atoms with Crippen LogP contribution >= 0.6 is 11.3 Å². The second-order valence-corrected chi connectivity index (χ2v) is 9.32. The van der Waals surface area contributed by atoms with Crippen LogP contribution in [0, 0.1) is 0 Å². The Bertz CT molecular complexity index is 1270. The minimum atomic E-state index is -0.310. The van der Waals surface area contributed by atoms with Crippen molar-refractivity contribution in [3.8, 4) is 16.9 Å². The van der Waals surface area contributed by atoms with Crippen molar-refractivity contribution in [3.63, 3.8) is 0 Å². The van der Waals surface area contributed by atoms with Gasteiger partial charge in [-0.2, -0.15) is 0 Å². The molecule has 0 saturated carbocycles. The summed E-state index contributed by atoms with van der Waals surface area (Å²) in [6.07, 6.45) is 3.70. The van der Waals surface area contributed by atoms with Crippen LogP contribution in [0.3, 0.4) is 0 Å². The van der Waals surface area contributed by atoms with Crippen LogP contribution < -0.4 is 5.32 Å². The Hall–Kier alpha value is -3.75. The molecule has 1 aliphatic rings. The highest BCUT2D eigenvalue weighted by Gasteiger charge is 2.26. The molecule has 0 radical (unpaired) electrons. The van der Waals surface area contributed by atoms with E-state index in [1.807, 2.05) is 82.9 Å². The number of rotatable bonds is 8. The van der Waals surface area contributed by atoms with E-state index < -0.39 is 0 Å². The molecule has 2 aromatic heterocycles. The fourth-order valence-electron chi connectivity index (χ4n) is 4.15. The van der Waals surface area contributed by atoms with Crippen molar-refractivity contribution >= 4 is 29.1 Å². The molecular formula is C27H26N4O3S. The topological polar surface area (TPSA) is 76.5 Å². The first-order chi connectivity index (χ1) is 17.2. The number of benzene rings is 2. The van der Waals surface area contributed by atoms with Crippen molar-refractivity contribution in [2.75, 3.05) is 25.0 Å². The zero-order valence-corrected chi connectivity index (χ0v) is 20.0. The maximum atomic E-state index is 13.2. The normalized spacial score (nSPS) is 15.1. The summed E-state index contributed by atoms with van der Waals surface area (Å²) in [5.74, 6) is -0.0713. The molecule has 8 heteroatoms. The van der Waals surface area contributed by atoms with Crippen LogP contribution in [0.2, 0.25) is 0 Å². The Balaban J connectivity index is 1.39. The minimum absolute atomic E-state index is 0.0531. The van der Waals surface area contributed by atoms with Crippen LogP contribution in [0.5, 0.6) is 0 Å². The molecule has 4 aromatic rings. The number of hydrogen-bond acceptors (Lipinski definition) is 5. The van der Waals surface area contributed by atoms with Gasteiger partial charge in [-0.05, 0) is 36.4 Å². The van der Waals surface area contributed by atoms with Crippen LogP contribution in [0.15, 0.2) is 84.4 Å². The third-order valence-corrected chi connectivity index (χ3v) is 6.72. The van der Waals surface area contributed by atoms with Gasteiger partial charge in [0.15, 0.2) is 0 Å². The fraction of sp³-hybridized carbons (Fsp3) is 0.222. The van der Waals surface area contributed by atoms with Gasteiger partial charge >= 0.3 is 0 Å². The average Bonchev–Trinajstić information content (AvgIpc) is 3.67. The number of carbonyl (C=O) groups excluding carboxylic acids is 2. The summed E-state index contributed by atoms with van der Waals surface area (Å²) in [6.45, 7) is 0.986. The number of nitrogens with zero attached hydrogens (tertiary/aromatic N) is 3. The van der Waals surface area contributed by atoms with Crippen LogP contribution in [0.25, 0.3) is 16.9 Å². The Kier molecular flexibility index (Phi) is 7.02. The molecule has 1 aliphatic heterocycles. The summed E-state index contributed by atoms with van der Waals surface area (Å²) < 4.78 is 7.59. The molecule has 1 N–H and O–H groups in total. The molecule has 0 bridgehead atoms. The van der Waals surface area contributed by atoms with E-state index in [4.69, 9.17) is 9.72 Å². The van der Waals surface area contributed by atoms with Gasteiger partial charge in [0.1, 0.15) is 6.54 Å². The highest BCUT2D eigenvalue weighted by molar-refractivity contribution is 7.12. The van der Waals surface area contributed by atoms with Gasteiger partial charge in [0, 0.05) is 30.6 Å². The number of carbonyl (C=O) groups is 2. The van der Waals surface area contributed by atoms with Crippen molar-refractivity contribution in [2.24, 2.45) is 0 Å². The maximum absolute atomic E-state index is 13.2. The molecule has 1 fully saturated rings. The Labute approximate surface area is 208 Å². The molecule has 1 atom stereocenters. The molecular weight excluding hydrogens is 460 g/mol. The molecule has 5 rings (SSSR count). The quantitative estimate of drug-likeness (QED) is 0.386. The number of nitrogens with one attached hydrogen (secondary N) is 1. The average molecular weight is 487 g/mol. The summed E-state index contributed by atoms with van der Waals surface area (Å²) in [5, 5.41) is 4.80. The van der Waals surface area contributed by atoms with E-state index >= 15 is 0 Å². The standard InChI is InChI=1S/C27H26N4O3S/c32-25(19-30(17-22-13-7-15-34-22)26(33)24-14-8-16-35-24)29-27-28-23(20-9-3-1-4-10-20)18-31(27)21-11-5-2-6-12-21/h1-6,8-12,14,16,18,22H,7,13,15,17,19H2,(H,28,29,32)/t22-/m0/s1. The van der Waals surface area contributed by atoms with Gasteiger partial charge in [0.25, 0.3) is 5.91 Å². The van der Waals surface area contributed by atoms with E-state index in [2.05, 4.69) is 5.32 Å². The van der Waals surface area contributed by atoms with E-state index in [0.717, 1.165) is 29.8 Å². The third-order valence-electron chi connectivity index (χ3n) is 5.86. The molecule has 0 unspecified atom stereocenters. The van der Waals surface area contributed by atoms with E-state index in [9.17, 15) is 9.59 Å². The number of amides is 2. The highest BCUT2D eigenvalue weighted by Crippen LogP contribution is 2.24. The van der Waals surface area contributed by atoms with Gasteiger partial charge in [-0.1, -0.05) is 54.6 Å². The zero-order valence-electron chi connectivity index (χ0n) is 19.2. The molecule has 2 amide bonds. The molecule has 1 saturated heterocycles. The highest BCUT2D eigenvalue weighted by atomic mass is 32.1. The second-order valence-electron chi connectivity index (χ2n) is 8.37. The van der Waals surface area contributed by atoms with Gasteiger partial charge in [-0.3, -0.25) is 19.5 Å².